The van der Waals surface area contributed by atoms with Gasteiger partial charge in [0.15, 0.2) is 5.13 Å². The summed E-state index contributed by atoms with van der Waals surface area (Å²) in [5, 5.41) is 1.38. The van der Waals surface area contributed by atoms with Crippen LogP contribution in [-0.4, -0.2) is 55.2 Å². The van der Waals surface area contributed by atoms with Gasteiger partial charge in [-0.2, -0.15) is 0 Å². The van der Waals surface area contributed by atoms with Crippen molar-refractivity contribution in [2.45, 2.75) is 27.2 Å². The minimum absolute atomic E-state index is 0.0749. The van der Waals surface area contributed by atoms with E-state index in [0.717, 1.165) is 60.8 Å². The number of hydrogen-bond donors (Lipinski definition) is 0. The smallest absolute Gasteiger partial charge is 0.263 e. The average Bonchev–Trinajstić information content (AvgIpc) is 3.28. The maximum Gasteiger partial charge on any atom is 0.263 e. The minimum Gasteiger partial charge on any atom is -0.466 e. The van der Waals surface area contributed by atoms with E-state index in [1.165, 1.54) is 11.3 Å². The SMILES string of the molecule is Cc1cc(C(=O)N(CCCN2CCOCC2)c2nc3c(C)cc(Cl)cc3s2)c(C)o1. The molecule has 0 N–H and O–H groups in total. The third-order valence-electron chi connectivity index (χ3n) is 5.35. The topological polar surface area (TPSA) is 58.8 Å². The third-order valence-corrected chi connectivity index (χ3v) is 6.59. The monoisotopic (exact) mass is 447 g/mol. The van der Waals surface area contributed by atoms with Crippen molar-refractivity contribution in [3.8, 4) is 0 Å². The number of halogens is 1. The lowest BCUT2D eigenvalue weighted by Gasteiger charge is -2.27. The van der Waals surface area contributed by atoms with E-state index in [-0.39, 0.29) is 5.91 Å². The van der Waals surface area contributed by atoms with E-state index in [1.807, 2.05) is 39.0 Å². The Labute approximate surface area is 185 Å². The molecular formula is C22H26ClN3O3S. The average molecular weight is 448 g/mol. The number of hydrogen-bond acceptors (Lipinski definition) is 6. The molecule has 1 fully saturated rings. The Kier molecular flexibility index (Phi) is 6.43. The lowest BCUT2D eigenvalue weighted by molar-refractivity contribution is 0.0376. The molecule has 0 atom stereocenters. The molecule has 1 aliphatic rings. The fraction of sp³-hybridized carbons (Fsp3) is 0.455. The number of carbonyl (C=O) groups excluding carboxylic acids is 1. The van der Waals surface area contributed by atoms with Crippen LogP contribution in [0.2, 0.25) is 5.02 Å². The first-order chi connectivity index (χ1) is 14.4. The minimum atomic E-state index is -0.0749. The van der Waals surface area contributed by atoms with E-state index in [0.29, 0.717) is 28.0 Å². The third kappa shape index (κ3) is 4.54. The van der Waals surface area contributed by atoms with Crippen LogP contribution in [0.1, 0.15) is 33.9 Å². The number of anilines is 1. The van der Waals surface area contributed by atoms with Crippen molar-refractivity contribution in [2.24, 2.45) is 0 Å². The van der Waals surface area contributed by atoms with Crippen molar-refractivity contribution in [3.05, 3.63) is 45.9 Å². The first-order valence-corrected chi connectivity index (χ1v) is 11.4. The van der Waals surface area contributed by atoms with E-state index in [9.17, 15) is 4.79 Å². The van der Waals surface area contributed by atoms with Crippen LogP contribution in [0.3, 0.4) is 0 Å². The van der Waals surface area contributed by atoms with Crippen LogP contribution < -0.4 is 4.90 Å². The number of rotatable bonds is 6. The number of aryl methyl sites for hydroxylation is 3. The Bertz CT molecular complexity index is 1060. The van der Waals surface area contributed by atoms with E-state index in [1.54, 1.807) is 4.90 Å². The molecule has 0 spiro atoms. The van der Waals surface area contributed by atoms with E-state index in [4.69, 9.17) is 25.7 Å². The van der Waals surface area contributed by atoms with Gasteiger partial charge in [0.25, 0.3) is 5.91 Å². The van der Waals surface area contributed by atoms with Gasteiger partial charge in [0, 0.05) is 31.2 Å². The molecule has 0 aliphatic carbocycles. The maximum absolute atomic E-state index is 13.5. The van der Waals surface area contributed by atoms with E-state index < -0.39 is 0 Å². The standard InChI is InChI=1S/C22H26ClN3O3S/c1-14-11-17(23)13-19-20(14)24-22(30-19)26(6-4-5-25-7-9-28-10-8-25)21(27)18-12-15(2)29-16(18)3/h11-13H,4-10H2,1-3H3. The molecule has 0 radical (unpaired) electrons. The number of amides is 1. The number of fused-ring (bicyclic) bond motifs is 1. The Balaban J connectivity index is 1.61. The molecule has 8 heteroatoms. The molecule has 1 aromatic carbocycles. The van der Waals surface area contributed by atoms with Crippen molar-refractivity contribution in [2.75, 3.05) is 44.3 Å². The van der Waals surface area contributed by atoms with E-state index in [2.05, 4.69) is 4.90 Å². The molecule has 6 nitrogen and oxygen atoms in total. The van der Waals surface area contributed by atoms with Gasteiger partial charge in [-0.1, -0.05) is 22.9 Å². The first-order valence-electron chi connectivity index (χ1n) is 10.2. The number of morpholine rings is 1. The lowest BCUT2D eigenvalue weighted by atomic mass is 10.2. The molecule has 2 aromatic heterocycles. The normalized spacial score (nSPS) is 15.1. The molecule has 30 heavy (non-hydrogen) atoms. The number of aromatic nitrogens is 1. The fourth-order valence-electron chi connectivity index (χ4n) is 3.81. The van der Waals surface area contributed by atoms with Gasteiger partial charge in [-0.25, -0.2) is 4.98 Å². The highest BCUT2D eigenvalue weighted by Crippen LogP contribution is 2.34. The van der Waals surface area contributed by atoms with Crippen LogP contribution in [0, 0.1) is 20.8 Å². The molecule has 0 unspecified atom stereocenters. The van der Waals surface area contributed by atoms with Crippen molar-refractivity contribution in [1.82, 2.24) is 9.88 Å². The van der Waals surface area contributed by atoms with Crippen molar-refractivity contribution in [3.63, 3.8) is 0 Å². The summed E-state index contributed by atoms with van der Waals surface area (Å²) < 4.78 is 12.0. The number of nitrogens with zero attached hydrogens (tertiary/aromatic N) is 3. The van der Waals surface area contributed by atoms with Crippen LogP contribution in [0.15, 0.2) is 22.6 Å². The summed E-state index contributed by atoms with van der Waals surface area (Å²) in [5.74, 6) is 1.29. The molecule has 1 aliphatic heterocycles. The number of ether oxygens (including phenoxy) is 1. The van der Waals surface area contributed by atoms with Crippen molar-refractivity contribution < 1.29 is 13.9 Å². The Morgan fingerprint density at radius 3 is 2.70 bits per heavy atom. The molecule has 3 aromatic rings. The number of thiazole rings is 1. The fourth-order valence-corrected chi connectivity index (χ4v) is 5.25. The van der Waals surface area contributed by atoms with Gasteiger partial charge in [-0.15, -0.1) is 0 Å². The van der Waals surface area contributed by atoms with Crippen LogP contribution in [-0.2, 0) is 4.74 Å². The van der Waals surface area contributed by atoms with Gasteiger partial charge in [-0.3, -0.25) is 14.6 Å². The summed E-state index contributed by atoms with van der Waals surface area (Å²) in [6.07, 6.45) is 0.858. The molecule has 0 bridgehead atoms. The second-order valence-electron chi connectivity index (χ2n) is 7.66. The van der Waals surface area contributed by atoms with Crippen molar-refractivity contribution in [1.29, 1.82) is 0 Å². The van der Waals surface area contributed by atoms with Crippen molar-refractivity contribution >= 4 is 44.2 Å². The molecule has 3 heterocycles. The number of carbonyl (C=O) groups is 1. The van der Waals surface area contributed by atoms with Crippen LogP contribution in [0.5, 0.6) is 0 Å². The largest absolute Gasteiger partial charge is 0.466 e. The molecule has 4 rings (SSSR count). The van der Waals surface area contributed by atoms with Crippen LogP contribution >= 0.6 is 22.9 Å². The van der Waals surface area contributed by atoms with Crippen LogP contribution in [0.25, 0.3) is 10.2 Å². The quantitative estimate of drug-likeness (QED) is 0.541. The summed E-state index contributed by atoms with van der Waals surface area (Å²) in [4.78, 5) is 22.4. The predicted molar refractivity (Wildman–Crippen MR) is 121 cm³/mol. The zero-order valence-corrected chi connectivity index (χ0v) is 19.1. The molecule has 1 amide bonds. The highest BCUT2D eigenvalue weighted by molar-refractivity contribution is 7.22. The predicted octanol–water partition coefficient (Wildman–Crippen LogP) is 4.84. The summed E-state index contributed by atoms with van der Waals surface area (Å²) in [6, 6.07) is 5.62. The highest BCUT2D eigenvalue weighted by atomic mass is 35.5. The second-order valence-corrected chi connectivity index (χ2v) is 9.10. The van der Waals surface area contributed by atoms with Gasteiger partial charge in [0.1, 0.15) is 11.5 Å². The summed E-state index contributed by atoms with van der Waals surface area (Å²) in [5.41, 5.74) is 2.49. The van der Waals surface area contributed by atoms with Gasteiger partial charge in [0.2, 0.25) is 0 Å². The Morgan fingerprint density at radius 2 is 2.00 bits per heavy atom. The summed E-state index contributed by atoms with van der Waals surface area (Å²) in [6.45, 7) is 10.6. The second kappa shape index (κ2) is 9.06. The van der Waals surface area contributed by atoms with Gasteiger partial charge >= 0.3 is 0 Å². The Morgan fingerprint density at radius 1 is 1.23 bits per heavy atom. The number of benzene rings is 1. The van der Waals surface area contributed by atoms with Gasteiger partial charge in [-0.05, 0) is 51.0 Å². The van der Waals surface area contributed by atoms with E-state index >= 15 is 0 Å². The maximum atomic E-state index is 13.5. The molecule has 1 saturated heterocycles. The lowest BCUT2D eigenvalue weighted by Crippen LogP contribution is -2.39. The zero-order valence-electron chi connectivity index (χ0n) is 17.5. The molecule has 160 valence electrons. The summed E-state index contributed by atoms with van der Waals surface area (Å²) >= 11 is 7.74. The first kappa shape index (κ1) is 21.3. The van der Waals surface area contributed by atoms with Gasteiger partial charge in [0.05, 0.1) is 29.0 Å². The summed E-state index contributed by atoms with van der Waals surface area (Å²) in [7, 11) is 0. The zero-order chi connectivity index (χ0) is 21.3. The Hall–Kier alpha value is -1.93. The van der Waals surface area contributed by atoms with Gasteiger partial charge < -0.3 is 9.15 Å². The van der Waals surface area contributed by atoms with Crippen LogP contribution in [0.4, 0.5) is 5.13 Å². The molecular weight excluding hydrogens is 422 g/mol. The number of furan rings is 1. The highest BCUT2D eigenvalue weighted by Gasteiger charge is 2.25. The molecule has 0 saturated carbocycles.